The number of nitrogens with one attached hydrogen (secondary N) is 3. The van der Waals surface area contributed by atoms with Crippen LogP contribution in [0.5, 0.6) is 0 Å². The van der Waals surface area contributed by atoms with Crippen molar-refractivity contribution in [2.24, 2.45) is 17.4 Å². The summed E-state index contributed by atoms with van der Waals surface area (Å²) in [6.45, 7) is 4.14. The van der Waals surface area contributed by atoms with Crippen molar-refractivity contribution < 1.29 is 0 Å². The highest BCUT2D eigenvalue weighted by Gasteiger charge is 2.40. The number of rotatable bonds is 1. The summed E-state index contributed by atoms with van der Waals surface area (Å²) in [6, 6.07) is 0. The van der Waals surface area contributed by atoms with Gasteiger partial charge in [-0.1, -0.05) is 19.3 Å². The van der Waals surface area contributed by atoms with Gasteiger partial charge in [-0.3, -0.25) is 27.4 Å². The summed E-state index contributed by atoms with van der Waals surface area (Å²) in [7, 11) is 0. The molecule has 1 saturated heterocycles. The molecule has 2 aliphatic rings. The Morgan fingerprint density at radius 1 is 1.00 bits per heavy atom. The monoisotopic (exact) mass is 227 g/mol. The van der Waals surface area contributed by atoms with Crippen LogP contribution in [0.4, 0.5) is 0 Å². The maximum Gasteiger partial charge on any atom is 0.179 e. The molecule has 0 spiro atoms. The first-order valence-electron chi connectivity index (χ1n) is 6.30. The second-order valence-corrected chi connectivity index (χ2v) is 5.78. The second kappa shape index (κ2) is 4.23. The molecule has 1 aliphatic heterocycles. The lowest BCUT2D eigenvalue weighted by Crippen LogP contribution is -2.86. The average molecular weight is 227 g/mol. The van der Waals surface area contributed by atoms with Crippen molar-refractivity contribution in [2.45, 2.75) is 63.7 Å². The molecular weight excluding hydrogens is 202 g/mol. The lowest BCUT2D eigenvalue weighted by Gasteiger charge is -2.50. The molecule has 5 nitrogen and oxygen atoms in total. The molecule has 7 N–H and O–H groups in total. The Kier molecular flexibility index (Phi) is 3.25. The molecular formula is C11H25N5. The molecule has 94 valence electrons. The third kappa shape index (κ3) is 2.93. The van der Waals surface area contributed by atoms with Gasteiger partial charge in [-0.2, -0.15) is 0 Å². The van der Waals surface area contributed by atoms with Crippen LogP contribution >= 0.6 is 0 Å². The van der Waals surface area contributed by atoms with Crippen LogP contribution in [-0.2, 0) is 0 Å². The lowest BCUT2D eigenvalue weighted by atomic mass is 9.86. The molecule has 2 fully saturated rings. The molecule has 0 bridgehead atoms. The summed E-state index contributed by atoms with van der Waals surface area (Å²) >= 11 is 0. The van der Waals surface area contributed by atoms with Gasteiger partial charge in [-0.25, -0.2) is 0 Å². The van der Waals surface area contributed by atoms with Crippen LogP contribution in [0.1, 0.15) is 46.0 Å². The quantitative estimate of drug-likeness (QED) is 0.405. The Hall–Kier alpha value is -0.200. The molecule has 0 aromatic heterocycles. The van der Waals surface area contributed by atoms with E-state index < -0.39 is 5.91 Å². The summed E-state index contributed by atoms with van der Waals surface area (Å²) in [5.74, 6) is -0.335. The second-order valence-electron chi connectivity index (χ2n) is 5.78. The molecule has 1 saturated carbocycles. The van der Waals surface area contributed by atoms with E-state index in [1.807, 2.05) is 0 Å². The van der Waals surface area contributed by atoms with E-state index in [0.717, 1.165) is 0 Å². The van der Waals surface area contributed by atoms with E-state index in [-0.39, 0.29) is 11.8 Å². The van der Waals surface area contributed by atoms with Crippen molar-refractivity contribution in [1.82, 2.24) is 16.0 Å². The molecule has 5 heteroatoms. The van der Waals surface area contributed by atoms with E-state index in [4.69, 9.17) is 11.5 Å². The fourth-order valence-electron chi connectivity index (χ4n) is 2.97. The van der Waals surface area contributed by atoms with Gasteiger partial charge in [0.15, 0.2) is 5.91 Å². The number of hydrogen-bond donors (Lipinski definition) is 5. The van der Waals surface area contributed by atoms with Crippen LogP contribution < -0.4 is 27.4 Å². The zero-order chi connectivity index (χ0) is 11.8. The molecule has 0 radical (unpaired) electrons. The largest absolute Gasteiger partial charge is 0.288 e. The fraction of sp³-hybridized carbons (Fsp3) is 1.00. The van der Waals surface area contributed by atoms with Crippen LogP contribution in [-0.4, -0.2) is 17.7 Å². The molecule has 2 rings (SSSR count). The first-order valence-corrected chi connectivity index (χ1v) is 6.30. The van der Waals surface area contributed by atoms with Crippen LogP contribution in [0.15, 0.2) is 0 Å². The predicted octanol–water partition coefficient (Wildman–Crippen LogP) is -0.0600. The summed E-state index contributed by atoms with van der Waals surface area (Å²) < 4.78 is 0. The van der Waals surface area contributed by atoms with Gasteiger partial charge in [0.2, 0.25) is 0 Å². The Morgan fingerprint density at radius 3 is 2.19 bits per heavy atom. The van der Waals surface area contributed by atoms with Crippen LogP contribution in [0.3, 0.4) is 0 Å². The Morgan fingerprint density at radius 2 is 1.62 bits per heavy atom. The zero-order valence-electron chi connectivity index (χ0n) is 10.3. The van der Waals surface area contributed by atoms with Crippen LogP contribution in [0.25, 0.3) is 0 Å². The van der Waals surface area contributed by atoms with Crippen molar-refractivity contribution in [1.29, 1.82) is 0 Å². The van der Waals surface area contributed by atoms with Gasteiger partial charge in [0.1, 0.15) is 0 Å². The summed E-state index contributed by atoms with van der Waals surface area (Å²) in [4.78, 5) is 0. The van der Waals surface area contributed by atoms with E-state index in [0.29, 0.717) is 5.92 Å². The SMILES string of the molecule is CC1(C)NC(C2CCCCC2)NC(N)(N)N1. The molecule has 1 atom stereocenters. The smallest absolute Gasteiger partial charge is 0.179 e. The summed E-state index contributed by atoms with van der Waals surface area (Å²) in [5, 5.41) is 9.92. The van der Waals surface area contributed by atoms with E-state index >= 15 is 0 Å². The maximum absolute atomic E-state index is 5.97. The minimum absolute atomic E-state index is 0.214. The third-order valence-corrected chi connectivity index (χ3v) is 3.55. The summed E-state index contributed by atoms with van der Waals surface area (Å²) in [6.07, 6.45) is 6.74. The van der Waals surface area contributed by atoms with Crippen molar-refractivity contribution >= 4 is 0 Å². The highest BCUT2D eigenvalue weighted by Crippen LogP contribution is 2.27. The minimum Gasteiger partial charge on any atom is -0.288 e. The summed E-state index contributed by atoms with van der Waals surface area (Å²) in [5.41, 5.74) is 11.7. The standard InChI is InChI=1S/C11H25N5/c1-10(2)14-9(15-11(12,13)16-10)8-6-4-3-5-7-8/h8-9,14-16H,3-7,12-13H2,1-2H3. The molecule has 0 aromatic rings. The van der Waals surface area contributed by atoms with Crippen LogP contribution in [0.2, 0.25) is 0 Å². The molecule has 0 amide bonds. The number of hydrogen-bond acceptors (Lipinski definition) is 5. The van der Waals surface area contributed by atoms with Gasteiger partial charge in [-0.15, -0.1) is 0 Å². The van der Waals surface area contributed by atoms with Gasteiger partial charge in [0.05, 0.1) is 11.8 Å². The maximum atomic E-state index is 5.97. The first kappa shape index (κ1) is 12.3. The fourth-order valence-corrected chi connectivity index (χ4v) is 2.97. The van der Waals surface area contributed by atoms with Gasteiger partial charge in [-0.05, 0) is 32.6 Å². The molecule has 16 heavy (non-hydrogen) atoms. The first-order chi connectivity index (χ1) is 7.38. The van der Waals surface area contributed by atoms with Gasteiger partial charge < -0.3 is 0 Å². The van der Waals surface area contributed by atoms with Gasteiger partial charge >= 0.3 is 0 Å². The third-order valence-electron chi connectivity index (χ3n) is 3.55. The number of nitrogens with two attached hydrogens (primary N) is 2. The Labute approximate surface area is 97.7 Å². The molecule has 1 unspecified atom stereocenters. The van der Waals surface area contributed by atoms with Gasteiger partial charge in [0, 0.05) is 0 Å². The van der Waals surface area contributed by atoms with E-state index in [1.165, 1.54) is 32.1 Å². The van der Waals surface area contributed by atoms with E-state index in [9.17, 15) is 0 Å². The highest BCUT2D eigenvalue weighted by atomic mass is 15.5. The predicted molar refractivity (Wildman–Crippen MR) is 65.0 cm³/mol. The van der Waals surface area contributed by atoms with Crippen molar-refractivity contribution in [3.8, 4) is 0 Å². The lowest BCUT2D eigenvalue weighted by molar-refractivity contribution is 0.0375. The van der Waals surface area contributed by atoms with Crippen molar-refractivity contribution in [2.75, 3.05) is 0 Å². The molecule has 1 aliphatic carbocycles. The topological polar surface area (TPSA) is 88.1 Å². The van der Waals surface area contributed by atoms with Crippen LogP contribution in [0, 0.1) is 5.92 Å². The Balaban J connectivity index is 2.03. The molecule has 0 aromatic carbocycles. The van der Waals surface area contributed by atoms with E-state index in [1.54, 1.807) is 0 Å². The molecule has 1 heterocycles. The zero-order valence-corrected chi connectivity index (χ0v) is 10.3. The normalized spacial score (nSPS) is 34.9. The van der Waals surface area contributed by atoms with Crippen molar-refractivity contribution in [3.63, 3.8) is 0 Å². The van der Waals surface area contributed by atoms with Crippen molar-refractivity contribution in [3.05, 3.63) is 0 Å². The van der Waals surface area contributed by atoms with E-state index in [2.05, 4.69) is 29.8 Å². The Bertz CT molecular complexity index is 229. The highest BCUT2D eigenvalue weighted by molar-refractivity contribution is 4.95. The average Bonchev–Trinajstić information content (AvgIpc) is 2.14. The van der Waals surface area contributed by atoms with Gasteiger partial charge in [0.25, 0.3) is 0 Å². The minimum atomic E-state index is -0.975.